The predicted octanol–water partition coefficient (Wildman–Crippen LogP) is 4.58. The van der Waals surface area contributed by atoms with Crippen LogP contribution in [0.25, 0.3) is 0 Å². The molecule has 21 heavy (non-hydrogen) atoms. The quantitative estimate of drug-likeness (QED) is 0.828. The molecule has 0 aliphatic rings. The first-order valence-electron chi connectivity index (χ1n) is 7.36. The minimum absolute atomic E-state index is 0.0536. The maximum absolute atomic E-state index is 11.8. The molecule has 0 spiro atoms. The molecule has 2 rings (SSSR count). The number of halogens is 1. The molecule has 0 saturated carbocycles. The molecule has 0 aliphatic heterocycles. The number of benzene rings is 1. The summed E-state index contributed by atoms with van der Waals surface area (Å²) in [6, 6.07) is 12.0. The Balaban J connectivity index is 2.22. The highest BCUT2D eigenvalue weighted by molar-refractivity contribution is 9.10. The maximum Gasteiger partial charge on any atom is 0.250 e. The molecule has 1 heterocycles. The first-order chi connectivity index (χ1) is 10.1. The highest BCUT2D eigenvalue weighted by Crippen LogP contribution is 2.24. The topological polar surface area (TPSA) is 34.0 Å². The van der Waals surface area contributed by atoms with Crippen LogP contribution in [0.5, 0.6) is 0 Å². The fourth-order valence-corrected chi connectivity index (χ4v) is 2.79. The molecule has 0 radical (unpaired) electrons. The van der Waals surface area contributed by atoms with E-state index >= 15 is 0 Å². The fourth-order valence-electron chi connectivity index (χ4n) is 2.38. The Morgan fingerprint density at radius 2 is 2.05 bits per heavy atom. The van der Waals surface area contributed by atoms with Gasteiger partial charge >= 0.3 is 0 Å². The number of nitrogens with zero attached hydrogens (tertiary/aromatic N) is 1. The average molecular weight is 349 g/mol. The lowest BCUT2D eigenvalue weighted by molar-refractivity contribution is 0.652. The molecule has 0 amide bonds. The highest BCUT2D eigenvalue weighted by Gasteiger charge is 2.10. The van der Waals surface area contributed by atoms with Crippen molar-refractivity contribution in [2.75, 3.05) is 5.32 Å². The molecule has 1 unspecified atom stereocenters. The summed E-state index contributed by atoms with van der Waals surface area (Å²) in [6.07, 6.45) is 3.84. The van der Waals surface area contributed by atoms with Crippen LogP contribution < -0.4 is 10.9 Å². The molecular weight excluding hydrogens is 328 g/mol. The van der Waals surface area contributed by atoms with E-state index in [1.165, 1.54) is 5.56 Å². The van der Waals surface area contributed by atoms with Gasteiger partial charge in [0.15, 0.2) is 0 Å². The smallest absolute Gasteiger partial charge is 0.250 e. The number of hydrogen-bond acceptors (Lipinski definition) is 2. The Hall–Kier alpha value is -1.55. The summed E-state index contributed by atoms with van der Waals surface area (Å²) in [5.41, 5.74) is 2.27. The van der Waals surface area contributed by atoms with Crippen LogP contribution in [0, 0.1) is 0 Å². The van der Waals surface area contributed by atoms with Crippen molar-refractivity contribution >= 4 is 21.6 Å². The summed E-state index contributed by atoms with van der Waals surface area (Å²) < 4.78 is 2.84. The van der Waals surface area contributed by atoms with E-state index in [-0.39, 0.29) is 11.6 Å². The van der Waals surface area contributed by atoms with Crippen molar-refractivity contribution in [3.05, 3.63) is 63.0 Å². The van der Waals surface area contributed by atoms with Crippen molar-refractivity contribution < 1.29 is 0 Å². The zero-order valence-corrected chi connectivity index (χ0v) is 14.1. The minimum atomic E-state index is 0.0536. The molecule has 1 aromatic heterocycles. The SMILES string of the molecule is CCCn1cc(NC(CC)c2cccc(Br)c2)ccc1=O. The summed E-state index contributed by atoms with van der Waals surface area (Å²) in [5.74, 6) is 0. The van der Waals surface area contributed by atoms with Crippen LogP contribution in [0.3, 0.4) is 0 Å². The monoisotopic (exact) mass is 348 g/mol. The summed E-state index contributed by atoms with van der Waals surface area (Å²) >= 11 is 3.51. The molecule has 2 aromatic rings. The van der Waals surface area contributed by atoms with Crippen molar-refractivity contribution in [3.8, 4) is 0 Å². The average Bonchev–Trinajstić information content (AvgIpc) is 2.48. The lowest BCUT2D eigenvalue weighted by atomic mass is 10.0. The van der Waals surface area contributed by atoms with Crippen molar-refractivity contribution in [3.63, 3.8) is 0 Å². The Labute approximate surface area is 134 Å². The van der Waals surface area contributed by atoms with Crippen molar-refractivity contribution in [2.45, 2.75) is 39.3 Å². The van der Waals surface area contributed by atoms with Crippen LogP contribution in [0.4, 0.5) is 5.69 Å². The van der Waals surface area contributed by atoms with Gasteiger partial charge in [-0.15, -0.1) is 0 Å². The van der Waals surface area contributed by atoms with Gasteiger partial charge in [-0.25, -0.2) is 0 Å². The van der Waals surface area contributed by atoms with Gasteiger partial charge in [0.2, 0.25) is 0 Å². The summed E-state index contributed by atoms with van der Waals surface area (Å²) in [6.45, 7) is 4.98. The van der Waals surface area contributed by atoms with E-state index in [0.29, 0.717) is 0 Å². The number of anilines is 1. The van der Waals surface area contributed by atoms with E-state index in [0.717, 1.165) is 29.5 Å². The first-order valence-corrected chi connectivity index (χ1v) is 8.15. The van der Waals surface area contributed by atoms with Crippen molar-refractivity contribution in [1.29, 1.82) is 0 Å². The van der Waals surface area contributed by atoms with Gasteiger partial charge in [0.25, 0.3) is 5.56 Å². The summed E-state index contributed by atoms with van der Waals surface area (Å²) in [5, 5.41) is 3.52. The van der Waals surface area contributed by atoms with E-state index in [9.17, 15) is 4.79 Å². The van der Waals surface area contributed by atoms with Crippen LogP contribution in [-0.4, -0.2) is 4.57 Å². The lowest BCUT2D eigenvalue weighted by Gasteiger charge is -2.19. The van der Waals surface area contributed by atoms with Gasteiger partial charge in [0.05, 0.1) is 11.7 Å². The lowest BCUT2D eigenvalue weighted by Crippen LogP contribution is -2.19. The van der Waals surface area contributed by atoms with E-state index in [1.807, 2.05) is 24.4 Å². The van der Waals surface area contributed by atoms with E-state index in [2.05, 4.69) is 47.2 Å². The van der Waals surface area contributed by atoms with E-state index in [4.69, 9.17) is 0 Å². The van der Waals surface area contributed by atoms with Crippen LogP contribution in [0.1, 0.15) is 38.3 Å². The normalized spacial score (nSPS) is 12.1. The van der Waals surface area contributed by atoms with Gasteiger partial charge in [-0.3, -0.25) is 4.79 Å². The molecule has 0 aliphatic carbocycles. The largest absolute Gasteiger partial charge is 0.377 e. The number of aromatic nitrogens is 1. The second-order valence-electron chi connectivity index (χ2n) is 5.11. The molecule has 1 aromatic carbocycles. The summed E-state index contributed by atoms with van der Waals surface area (Å²) in [7, 11) is 0. The first kappa shape index (κ1) is 15.8. The van der Waals surface area contributed by atoms with Crippen molar-refractivity contribution in [1.82, 2.24) is 4.57 Å². The van der Waals surface area contributed by atoms with Gasteiger partial charge in [-0.05, 0) is 36.6 Å². The fraction of sp³-hybridized carbons (Fsp3) is 0.353. The molecule has 1 atom stereocenters. The zero-order valence-electron chi connectivity index (χ0n) is 12.5. The second kappa shape index (κ2) is 7.46. The Morgan fingerprint density at radius 1 is 1.24 bits per heavy atom. The van der Waals surface area contributed by atoms with Gasteiger partial charge < -0.3 is 9.88 Å². The zero-order chi connectivity index (χ0) is 15.2. The number of pyridine rings is 1. The van der Waals surface area contributed by atoms with Crippen molar-refractivity contribution in [2.24, 2.45) is 0 Å². The van der Waals surface area contributed by atoms with Crippen LogP contribution >= 0.6 is 15.9 Å². The molecule has 1 N–H and O–H groups in total. The summed E-state index contributed by atoms with van der Waals surface area (Å²) in [4.78, 5) is 11.8. The molecule has 0 saturated heterocycles. The number of hydrogen-bond donors (Lipinski definition) is 1. The Morgan fingerprint density at radius 3 is 2.71 bits per heavy atom. The molecule has 0 bridgehead atoms. The second-order valence-corrected chi connectivity index (χ2v) is 6.03. The molecule has 112 valence electrons. The molecule has 4 heteroatoms. The Bertz CT molecular complexity index is 651. The predicted molar refractivity (Wildman–Crippen MR) is 91.8 cm³/mol. The van der Waals surface area contributed by atoms with Gasteiger partial charge in [-0.2, -0.15) is 0 Å². The Kier molecular flexibility index (Phi) is 5.62. The van der Waals surface area contributed by atoms with Crippen LogP contribution in [0.2, 0.25) is 0 Å². The van der Waals surface area contributed by atoms with Crippen LogP contribution in [0.15, 0.2) is 51.9 Å². The molecular formula is C17H21BrN2O. The third-order valence-corrected chi connectivity index (χ3v) is 3.94. The van der Waals surface area contributed by atoms with Gasteiger partial charge in [0, 0.05) is 23.3 Å². The molecule has 0 fully saturated rings. The maximum atomic E-state index is 11.8. The van der Waals surface area contributed by atoms with Gasteiger partial charge in [-0.1, -0.05) is 41.9 Å². The highest BCUT2D eigenvalue weighted by atomic mass is 79.9. The van der Waals surface area contributed by atoms with E-state index in [1.54, 1.807) is 10.6 Å². The number of nitrogens with one attached hydrogen (secondary N) is 1. The molecule has 3 nitrogen and oxygen atoms in total. The van der Waals surface area contributed by atoms with Gasteiger partial charge in [0.1, 0.15) is 0 Å². The minimum Gasteiger partial charge on any atom is -0.377 e. The standard InChI is InChI=1S/C17H21BrN2O/c1-3-10-20-12-15(8-9-17(20)21)19-16(4-2)13-6-5-7-14(18)11-13/h5-9,11-12,16,19H,3-4,10H2,1-2H3. The van der Waals surface area contributed by atoms with E-state index < -0.39 is 0 Å². The third-order valence-electron chi connectivity index (χ3n) is 3.45. The van der Waals surface area contributed by atoms with Crippen LogP contribution in [-0.2, 0) is 6.54 Å². The number of rotatable bonds is 6. The number of aryl methyl sites for hydroxylation is 1. The third kappa shape index (κ3) is 4.21.